The van der Waals surface area contributed by atoms with E-state index in [9.17, 15) is 9.90 Å². The van der Waals surface area contributed by atoms with Crippen molar-refractivity contribution in [2.24, 2.45) is 0 Å². The van der Waals surface area contributed by atoms with Crippen molar-refractivity contribution in [2.75, 3.05) is 11.4 Å². The van der Waals surface area contributed by atoms with E-state index in [4.69, 9.17) is 11.2 Å². The van der Waals surface area contributed by atoms with Crippen LogP contribution in [0, 0.1) is 12.3 Å². The van der Waals surface area contributed by atoms with Crippen molar-refractivity contribution in [3.63, 3.8) is 0 Å². The van der Waals surface area contributed by atoms with Crippen molar-refractivity contribution < 1.29 is 14.6 Å². The highest BCUT2D eigenvalue weighted by Gasteiger charge is 2.22. The smallest absolute Gasteiger partial charge is 0.267 e. The second-order valence-electron chi connectivity index (χ2n) is 5.34. The molecule has 0 radical (unpaired) electrons. The highest BCUT2D eigenvalue weighted by Crippen LogP contribution is 2.20. The molecule has 124 valence electrons. The van der Waals surface area contributed by atoms with Gasteiger partial charge in [0.05, 0.1) is 6.61 Å². The first-order valence-corrected chi connectivity index (χ1v) is 7.83. The fourth-order valence-corrected chi connectivity index (χ4v) is 2.42. The lowest BCUT2D eigenvalue weighted by Gasteiger charge is -2.25. The molecule has 0 aliphatic rings. The standard InChI is InChI=1S/C20H21NO3/c1-4-16-8-6-10-18(12-16)21(5-2)20(23)15(3)24-19-11-7-9-17(13-19)14-22/h1,6-13,15,22H,5,14H2,2-3H3. The molecule has 0 aromatic heterocycles. The summed E-state index contributed by atoms with van der Waals surface area (Å²) in [5.74, 6) is 2.97. The van der Waals surface area contributed by atoms with Crippen molar-refractivity contribution in [1.82, 2.24) is 0 Å². The van der Waals surface area contributed by atoms with Crippen LogP contribution in [0.15, 0.2) is 48.5 Å². The van der Waals surface area contributed by atoms with Crippen LogP contribution in [0.5, 0.6) is 5.75 Å². The third-order valence-corrected chi connectivity index (χ3v) is 3.65. The summed E-state index contributed by atoms with van der Waals surface area (Å²) >= 11 is 0. The molecule has 0 spiro atoms. The number of aliphatic hydroxyl groups is 1. The SMILES string of the molecule is C#Cc1cccc(N(CC)C(=O)C(C)Oc2cccc(CO)c2)c1. The number of benzene rings is 2. The average Bonchev–Trinajstić information content (AvgIpc) is 2.62. The molecule has 0 fully saturated rings. The summed E-state index contributed by atoms with van der Waals surface area (Å²) in [6, 6.07) is 14.4. The van der Waals surface area contributed by atoms with Crippen molar-refractivity contribution in [3.8, 4) is 18.1 Å². The first-order chi connectivity index (χ1) is 11.6. The molecule has 0 aliphatic carbocycles. The fourth-order valence-electron chi connectivity index (χ4n) is 2.42. The van der Waals surface area contributed by atoms with E-state index in [1.807, 2.05) is 25.1 Å². The molecule has 4 heteroatoms. The molecule has 1 unspecified atom stereocenters. The van der Waals surface area contributed by atoms with E-state index >= 15 is 0 Å². The van der Waals surface area contributed by atoms with Crippen LogP contribution in [0.1, 0.15) is 25.0 Å². The summed E-state index contributed by atoms with van der Waals surface area (Å²) < 4.78 is 5.74. The number of anilines is 1. The van der Waals surface area contributed by atoms with Crippen LogP contribution in [0.25, 0.3) is 0 Å². The number of hydrogen-bond donors (Lipinski definition) is 1. The molecule has 2 rings (SSSR count). The second kappa shape index (κ2) is 8.19. The number of carbonyl (C=O) groups is 1. The molecule has 4 nitrogen and oxygen atoms in total. The van der Waals surface area contributed by atoms with Gasteiger partial charge in [0.15, 0.2) is 6.10 Å². The molecule has 2 aromatic carbocycles. The van der Waals surface area contributed by atoms with Crippen LogP contribution in [0.3, 0.4) is 0 Å². The molecule has 0 aliphatic heterocycles. The topological polar surface area (TPSA) is 49.8 Å². The maximum absolute atomic E-state index is 12.7. The Labute approximate surface area is 142 Å². The zero-order valence-corrected chi connectivity index (χ0v) is 13.9. The molecule has 0 saturated heterocycles. The van der Waals surface area contributed by atoms with Crippen molar-refractivity contribution >= 4 is 11.6 Å². The Morgan fingerprint density at radius 3 is 2.71 bits per heavy atom. The lowest BCUT2D eigenvalue weighted by molar-refractivity contribution is -0.124. The summed E-state index contributed by atoms with van der Waals surface area (Å²) in [5, 5.41) is 9.18. The van der Waals surface area contributed by atoms with Gasteiger partial charge in [-0.15, -0.1) is 6.42 Å². The molecule has 1 amide bonds. The lowest BCUT2D eigenvalue weighted by Crippen LogP contribution is -2.40. The van der Waals surface area contributed by atoms with Gasteiger partial charge < -0.3 is 14.7 Å². The number of likely N-dealkylation sites (N-methyl/N-ethyl adjacent to an activating group) is 1. The zero-order chi connectivity index (χ0) is 17.5. The molecular formula is C20H21NO3. The number of nitrogens with zero attached hydrogens (tertiary/aromatic N) is 1. The number of amides is 1. The van der Waals surface area contributed by atoms with Crippen LogP contribution in [0.4, 0.5) is 5.69 Å². The Kier molecular flexibility index (Phi) is 6.00. The summed E-state index contributed by atoms with van der Waals surface area (Å²) in [6.07, 6.45) is 4.77. The van der Waals surface area contributed by atoms with E-state index in [0.29, 0.717) is 12.3 Å². The maximum Gasteiger partial charge on any atom is 0.267 e. The van der Waals surface area contributed by atoms with Gasteiger partial charge in [-0.05, 0) is 49.7 Å². The zero-order valence-electron chi connectivity index (χ0n) is 13.9. The molecule has 0 saturated carbocycles. The van der Waals surface area contributed by atoms with Crippen molar-refractivity contribution in [3.05, 3.63) is 59.7 Å². The predicted octanol–water partition coefficient (Wildman–Crippen LogP) is 2.98. The van der Waals surface area contributed by atoms with E-state index in [2.05, 4.69) is 5.92 Å². The van der Waals surface area contributed by atoms with E-state index in [1.54, 1.807) is 42.2 Å². The van der Waals surface area contributed by atoms with Crippen LogP contribution >= 0.6 is 0 Å². The van der Waals surface area contributed by atoms with Crippen molar-refractivity contribution in [2.45, 2.75) is 26.6 Å². The summed E-state index contributed by atoms with van der Waals surface area (Å²) in [5.41, 5.74) is 2.21. The Balaban J connectivity index is 2.16. The quantitative estimate of drug-likeness (QED) is 0.832. The number of carbonyl (C=O) groups excluding carboxylic acids is 1. The van der Waals surface area contributed by atoms with Gasteiger partial charge in [0.25, 0.3) is 5.91 Å². The van der Waals surface area contributed by atoms with Crippen LogP contribution < -0.4 is 9.64 Å². The number of ether oxygens (including phenoxy) is 1. The van der Waals surface area contributed by atoms with E-state index in [1.165, 1.54) is 0 Å². The number of rotatable bonds is 6. The molecule has 2 aromatic rings. The van der Waals surface area contributed by atoms with Crippen molar-refractivity contribution in [1.29, 1.82) is 0 Å². The first-order valence-electron chi connectivity index (χ1n) is 7.83. The summed E-state index contributed by atoms with van der Waals surface area (Å²) in [6.45, 7) is 4.05. The summed E-state index contributed by atoms with van der Waals surface area (Å²) in [4.78, 5) is 14.4. The second-order valence-corrected chi connectivity index (χ2v) is 5.34. The molecule has 1 atom stereocenters. The highest BCUT2D eigenvalue weighted by molar-refractivity contribution is 5.96. The van der Waals surface area contributed by atoms with Crippen LogP contribution in [-0.4, -0.2) is 23.7 Å². The Morgan fingerprint density at radius 1 is 1.29 bits per heavy atom. The third-order valence-electron chi connectivity index (χ3n) is 3.65. The highest BCUT2D eigenvalue weighted by atomic mass is 16.5. The maximum atomic E-state index is 12.7. The van der Waals surface area contributed by atoms with E-state index < -0.39 is 6.10 Å². The molecular weight excluding hydrogens is 302 g/mol. The van der Waals surface area contributed by atoms with Gasteiger partial charge in [-0.2, -0.15) is 0 Å². The fraction of sp³-hybridized carbons (Fsp3) is 0.250. The predicted molar refractivity (Wildman–Crippen MR) is 94.9 cm³/mol. The average molecular weight is 323 g/mol. The third kappa shape index (κ3) is 4.15. The normalized spacial score (nSPS) is 11.4. The molecule has 1 N–H and O–H groups in total. The van der Waals surface area contributed by atoms with Gasteiger partial charge >= 0.3 is 0 Å². The van der Waals surface area contributed by atoms with Gasteiger partial charge in [0.1, 0.15) is 5.75 Å². The van der Waals surface area contributed by atoms with Gasteiger partial charge in [-0.3, -0.25) is 4.79 Å². The first kappa shape index (κ1) is 17.6. The van der Waals surface area contributed by atoms with E-state index in [-0.39, 0.29) is 12.5 Å². The lowest BCUT2D eigenvalue weighted by atomic mass is 10.2. The Hall–Kier alpha value is -2.77. The number of hydrogen-bond acceptors (Lipinski definition) is 3. The summed E-state index contributed by atoms with van der Waals surface area (Å²) in [7, 11) is 0. The minimum absolute atomic E-state index is 0.0699. The Bertz CT molecular complexity index is 749. The van der Waals surface area contributed by atoms with E-state index in [0.717, 1.165) is 16.8 Å². The largest absolute Gasteiger partial charge is 0.481 e. The molecule has 0 heterocycles. The van der Waals surface area contributed by atoms with Gasteiger partial charge in [-0.1, -0.05) is 24.1 Å². The minimum atomic E-state index is -0.659. The van der Waals surface area contributed by atoms with Gasteiger partial charge in [0.2, 0.25) is 0 Å². The van der Waals surface area contributed by atoms with Gasteiger partial charge in [-0.25, -0.2) is 0 Å². The number of terminal acetylenes is 1. The van der Waals surface area contributed by atoms with Crippen LogP contribution in [-0.2, 0) is 11.4 Å². The van der Waals surface area contributed by atoms with Crippen LogP contribution in [0.2, 0.25) is 0 Å². The molecule has 24 heavy (non-hydrogen) atoms. The van der Waals surface area contributed by atoms with Gasteiger partial charge in [0, 0.05) is 17.8 Å². The Morgan fingerprint density at radius 2 is 2.04 bits per heavy atom. The number of aliphatic hydroxyl groups excluding tert-OH is 1. The molecule has 0 bridgehead atoms. The monoisotopic (exact) mass is 323 g/mol. The minimum Gasteiger partial charge on any atom is -0.481 e.